The van der Waals surface area contributed by atoms with E-state index in [0.29, 0.717) is 44.8 Å². The van der Waals surface area contributed by atoms with Gasteiger partial charge in [-0.3, -0.25) is 14.8 Å². The van der Waals surface area contributed by atoms with Gasteiger partial charge in [0.1, 0.15) is 23.9 Å². The number of nitrogens with zero attached hydrogens (tertiary/aromatic N) is 3. The van der Waals surface area contributed by atoms with Crippen LogP contribution in [0.4, 0.5) is 16.2 Å². The number of nitrogens with one attached hydrogen (secondary N) is 1. The van der Waals surface area contributed by atoms with Crippen molar-refractivity contribution in [3.63, 3.8) is 0 Å². The fourth-order valence-electron chi connectivity index (χ4n) is 5.28. The van der Waals surface area contributed by atoms with Gasteiger partial charge in [0.15, 0.2) is 0 Å². The van der Waals surface area contributed by atoms with Gasteiger partial charge in [-0.1, -0.05) is 0 Å². The lowest BCUT2D eigenvalue weighted by Crippen LogP contribution is -2.45. The zero-order chi connectivity index (χ0) is 24.7. The number of likely N-dealkylation sites (tertiary alicyclic amines) is 1. The predicted octanol–water partition coefficient (Wildman–Crippen LogP) is 3.83. The van der Waals surface area contributed by atoms with E-state index >= 15 is 0 Å². The Morgan fingerprint density at radius 1 is 1.19 bits per heavy atom. The van der Waals surface area contributed by atoms with Crippen LogP contribution in [0.1, 0.15) is 18.4 Å². The molecule has 3 aliphatic heterocycles. The van der Waals surface area contributed by atoms with Crippen LogP contribution in [0.3, 0.4) is 0 Å². The van der Waals surface area contributed by atoms with E-state index in [4.69, 9.17) is 14.2 Å². The second-order valence-electron chi connectivity index (χ2n) is 9.44. The first-order valence-electron chi connectivity index (χ1n) is 12.1. The molecule has 1 atom stereocenters. The lowest BCUT2D eigenvalue weighted by molar-refractivity contribution is -0.0314. The van der Waals surface area contributed by atoms with Gasteiger partial charge >= 0.3 is 6.09 Å². The third-order valence-corrected chi connectivity index (χ3v) is 7.25. The summed E-state index contributed by atoms with van der Waals surface area (Å²) in [5.41, 5.74) is 2.34. The fraction of sp³-hybridized carbons (Fsp3) is 0.333. The number of ether oxygens (including phenoxy) is 3. The van der Waals surface area contributed by atoms with Crippen LogP contribution in [0.5, 0.6) is 11.5 Å². The van der Waals surface area contributed by atoms with E-state index in [1.807, 2.05) is 42.5 Å². The average Bonchev–Trinajstić information content (AvgIpc) is 3.28. The number of hydrogen-bond donors (Lipinski definition) is 2. The van der Waals surface area contributed by atoms with E-state index in [-0.39, 0.29) is 12.2 Å². The number of amides is 1. The zero-order valence-corrected chi connectivity index (χ0v) is 20.0. The van der Waals surface area contributed by atoms with E-state index < -0.39 is 5.60 Å². The molecule has 1 aromatic heterocycles. The number of cyclic esters (lactones) is 1. The van der Waals surface area contributed by atoms with E-state index in [1.165, 1.54) is 0 Å². The summed E-state index contributed by atoms with van der Waals surface area (Å²) in [6.07, 6.45) is 5.61. The molecule has 3 aliphatic rings. The second-order valence-corrected chi connectivity index (χ2v) is 9.44. The highest BCUT2D eigenvalue weighted by molar-refractivity contribution is 5.91. The number of aliphatic hydroxyl groups is 1. The number of fused-ring (bicyclic) bond motifs is 2. The van der Waals surface area contributed by atoms with Gasteiger partial charge in [-0.25, -0.2) is 4.79 Å². The Bertz CT molecular complexity index is 1330. The SMILES string of the molecule is COc1ccc2nccc(C3(O)CCN(C[C@@H]4CN(c5ccc6c(c5)NC=CO6)C(=O)O4)CC3)c2c1. The van der Waals surface area contributed by atoms with Crippen molar-refractivity contribution in [2.75, 3.05) is 43.5 Å². The number of piperidine rings is 1. The highest BCUT2D eigenvalue weighted by Crippen LogP contribution is 2.38. The van der Waals surface area contributed by atoms with E-state index in [9.17, 15) is 9.90 Å². The number of benzene rings is 2. The molecule has 9 heteroatoms. The third-order valence-electron chi connectivity index (χ3n) is 7.25. The Morgan fingerprint density at radius 3 is 2.89 bits per heavy atom. The van der Waals surface area contributed by atoms with Crippen LogP contribution >= 0.6 is 0 Å². The molecule has 2 fully saturated rings. The van der Waals surface area contributed by atoms with Crippen molar-refractivity contribution in [2.24, 2.45) is 0 Å². The van der Waals surface area contributed by atoms with Gasteiger partial charge in [0.05, 0.1) is 30.5 Å². The summed E-state index contributed by atoms with van der Waals surface area (Å²) >= 11 is 0. The first-order chi connectivity index (χ1) is 17.5. The van der Waals surface area contributed by atoms with Crippen LogP contribution in [0.15, 0.2) is 61.1 Å². The fourth-order valence-corrected chi connectivity index (χ4v) is 5.28. The Balaban J connectivity index is 1.11. The topological polar surface area (TPSA) is 96.4 Å². The molecular weight excluding hydrogens is 460 g/mol. The molecule has 0 bridgehead atoms. The van der Waals surface area contributed by atoms with Crippen molar-refractivity contribution >= 4 is 28.4 Å². The Morgan fingerprint density at radius 2 is 2.06 bits per heavy atom. The Hall–Kier alpha value is -3.82. The second kappa shape index (κ2) is 9.00. The van der Waals surface area contributed by atoms with Gasteiger partial charge in [0.25, 0.3) is 0 Å². The Labute approximate surface area is 208 Å². The smallest absolute Gasteiger partial charge is 0.414 e. The minimum absolute atomic E-state index is 0.241. The number of anilines is 2. The van der Waals surface area contributed by atoms with Crippen LogP contribution in [0.2, 0.25) is 0 Å². The molecule has 9 nitrogen and oxygen atoms in total. The summed E-state index contributed by atoms with van der Waals surface area (Å²) in [6, 6.07) is 13.2. The van der Waals surface area contributed by atoms with Crippen molar-refractivity contribution in [3.8, 4) is 11.5 Å². The quantitative estimate of drug-likeness (QED) is 0.560. The van der Waals surface area contributed by atoms with Gasteiger partial charge in [0.2, 0.25) is 0 Å². The molecule has 2 aromatic carbocycles. The summed E-state index contributed by atoms with van der Waals surface area (Å²) in [5, 5.41) is 15.6. The average molecular weight is 489 g/mol. The van der Waals surface area contributed by atoms with Crippen molar-refractivity contribution in [2.45, 2.75) is 24.5 Å². The maximum absolute atomic E-state index is 12.6. The number of aromatic nitrogens is 1. The van der Waals surface area contributed by atoms with Gasteiger partial charge < -0.3 is 24.6 Å². The molecule has 1 amide bonds. The number of rotatable bonds is 5. The van der Waals surface area contributed by atoms with E-state index in [1.54, 1.807) is 30.7 Å². The molecule has 0 spiro atoms. The van der Waals surface area contributed by atoms with Crippen LogP contribution in [-0.2, 0) is 10.3 Å². The normalized spacial score (nSPS) is 21.0. The van der Waals surface area contributed by atoms with Crippen molar-refractivity contribution in [3.05, 3.63) is 66.7 Å². The molecule has 4 heterocycles. The summed E-state index contributed by atoms with van der Waals surface area (Å²) in [7, 11) is 1.63. The van der Waals surface area contributed by atoms with Crippen LogP contribution < -0.4 is 19.7 Å². The molecule has 0 aliphatic carbocycles. The summed E-state index contributed by atoms with van der Waals surface area (Å²) in [4.78, 5) is 21.0. The monoisotopic (exact) mass is 488 g/mol. The first kappa shape index (κ1) is 22.6. The maximum atomic E-state index is 12.6. The van der Waals surface area contributed by atoms with Gasteiger partial charge in [-0.2, -0.15) is 0 Å². The molecule has 0 saturated carbocycles. The number of carbonyl (C=O) groups excluding carboxylic acids is 1. The number of pyridine rings is 1. The lowest BCUT2D eigenvalue weighted by Gasteiger charge is -2.39. The molecule has 6 rings (SSSR count). The van der Waals surface area contributed by atoms with E-state index in [0.717, 1.165) is 33.6 Å². The summed E-state index contributed by atoms with van der Waals surface area (Å²) in [5.74, 6) is 1.45. The minimum atomic E-state index is -0.949. The van der Waals surface area contributed by atoms with Crippen molar-refractivity contribution < 1.29 is 24.1 Å². The highest BCUT2D eigenvalue weighted by atomic mass is 16.6. The van der Waals surface area contributed by atoms with Crippen LogP contribution in [0, 0.1) is 0 Å². The molecular formula is C27H28N4O5. The van der Waals surface area contributed by atoms with Crippen molar-refractivity contribution in [1.82, 2.24) is 9.88 Å². The van der Waals surface area contributed by atoms with Crippen LogP contribution in [-0.4, -0.2) is 60.5 Å². The molecule has 186 valence electrons. The van der Waals surface area contributed by atoms with Crippen molar-refractivity contribution in [1.29, 1.82) is 0 Å². The molecule has 2 saturated heterocycles. The number of hydrogen-bond acceptors (Lipinski definition) is 8. The predicted molar refractivity (Wildman–Crippen MR) is 135 cm³/mol. The Kier molecular flexibility index (Phi) is 5.66. The zero-order valence-electron chi connectivity index (χ0n) is 20.0. The van der Waals surface area contributed by atoms with E-state index in [2.05, 4.69) is 15.2 Å². The maximum Gasteiger partial charge on any atom is 0.414 e. The van der Waals surface area contributed by atoms with Gasteiger partial charge in [-0.15, -0.1) is 0 Å². The first-order valence-corrected chi connectivity index (χ1v) is 12.1. The molecule has 3 aromatic rings. The number of methoxy groups -OCH3 is 1. The van der Waals surface area contributed by atoms with Gasteiger partial charge in [0, 0.05) is 43.1 Å². The highest BCUT2D eigenvalue weighted by Gasteiger charge is 2.38. The largest absolute Gasteiger partial charge is 0.497 e. The molecule has 0 unspecified atom stereocenters. The minimum Gasteiger partial charge on any atom is -0.497 e. The number of carbonyl (C=O) groups is 1. The van der Waals surface area contributed by atoms with Gasteiger partial charge in [-0.05, 0) is 60.9 Å². The van der Waals surface area contributed by atoms with Crippen LogP contribution in [0.25, 0.3) is 10.9 Å². The molecule has 2 N–H and O–H groups in total. The lowest BCUT2D eigenvalue weighted by atomic mass is 9.82. The standard InChI is InChI=1S/C27H28N4O5/c1-34-19-3-4-23-21(15-19)22(6-9-28-23)27(33)7-11-30(12-8-27)16-20-17-31(26(32)36-20)18-2-5-25-24(14-18)29-10-13-35-25/h2-6,9-10,13-15,20,29,33H,7-8,11-12,16-17H2,1H3/t20-/m1/s1. The molecule has 36 heavy (non-hydrogen) atoms. The third kappa shape index (κ3) is 4.10. The molecule has 0 radical (unpaired) electrons. The summed E-state index contributed by atoms with van der Waals surface area (Å²) in [6.45, 7) is 2.50. The summed E-state index contributed by atoms with van der Waals surface area (Å²) < 4.78 is 16.5.